The zero-order valence-electron chi connectivity index (χ0n) is 16.7. The van der Waals surface area contributed by atoms with Gasteiger partial charge in [-0.05, 0) is 48.4 Å². The van der Waals surface area contributed by atoms with Gasteiger partial charge in [-0.3, -0.25) is 9.59 Å². The fourth-order valence-electron chi connectivity index (χ4n) is 2.44. The lowest BCUT2D eigenvalue weighted by molar-refractivity contribution is -0.120. The van der Waals surface area contributed by atoms with Crippen molar-refractivity contribution in [3.05, 3.63) is 65.2 Å². The molecule has 0 aliphatic carbocycles. The number of esters is 1. The van der Waals surface area contributed by atoms with Gasteiger partial charge in [0.05, 0.1) is 25.8 Å². The van der Waals surface area contributed by atoms with Crippen molar-refractivity contribution >= 4 is 17.8 Å². The molecule has 7 nitrogen and oxygen atoms in total. The Morgan fingerprint density at radius 3 is 2.17 bits per heavy atom. The van der Waals surface area contributed by atoms with E-state index in [0.717, 1.165) is 18.4 Å². The Kier molecular flexibility index (Phi) is 8.69. The molecule has 0 fully saturated rings. The Morgan fingerprint density at radius 1 is 0.897 bits per heavy atom. The molecule has 29 heavy (non-hydrogen) atoms. The molecule has 0 aromatic heterocycles. The van der Waals surface area contributed by atoms with E-state index in [4.69, 9.17) is 4.74 Å². The van der Waals surface area contributed by atoms with Crippen molar-refractivity contribution in [3.8, 4) is 5.75 Å². The Morgan fingerprint density at radius 2 is 1.55 bits per heavy atom. The molecule has 2 amide bonds. The first-order chi connectivity index (χ1) is 14.0. The van der Waals surface area contributed by atoms with Crippen molar-refractivity contribution in [3.63, 3.8) is 0 Å². The molecule has 7 heteroatoms. The van der Waals surface area contributed by atoms with Gasteiger partial charge < -0.3 is 20.1 Å². The van der Waals surface area contributed by atoms with Gasteiger partial charge in [0.25, 0.3) is 5.91 Å². The highest BCUT2D eigenvalue weighted by Gasteiger charge is 2.09. The fraction of sp³-hybridized carbons (Fsp3) is 0.318. The minimum absolute atomic E-state index is 0.131. The normalized spacial score (nSPS) is 10.1. The number of ether oxygens (including phenoxy) is 2. The Bertz CT molecular complexity index is 816. The number of carbonyl (C=O) groups excluding carboxylic acids is 3. The van der Waals surface area contributed by atoms with E-state index in [2.05, 4.69) is 22.3 Å². The number of unbranched alkanes of at least 4 members (excludes halogenated alkanes) is 1. The Hall–Kier alpha value is -3.35. The van der Waals surface area contributed by atoms with Crippen LogP contribution in [-0.2, 0) is 16.1 Å². The van der Waals surface area contributed by atoms with Crippen LogP contribution in [0.5, 0.6) is 5.75 Å². The van der Waals surface area contributed by atoms with E-state index >= 15 is 0 Å². The number of hydrogen-bond donors (Lipinski definition) is 2. The van der Waals surface area contributed by atoms with Crippen molar-refractivity contribution < 1.29 is 23.9 Å². The number of hydrogen-bond acceptors (Lipinski definition) is 5. The molecule has 0 spiro atoms. The molecule has 0 saturated carbocycles. The van der Waals surface area contributed by atoms with E-state index in [1.165, 1.54) is 7.11 Å². The average Bonchev–Trinajstić information content (AvgIpc) is 2.76. The average molecular weight is 398 g/mol. The second-order valence-electron chi connectivity index (χ2n) is 6.37. The van der Waals surface area contributed by atoms with E-state index in [9.17, 15) is 14.4 Å². The van der Waals surface area contributed by atoms with E-state index < -0.39 is 5.97 Å². The second kappa shape index (κ2) is 11.5. The maximum absolute atomic E-state index is 12.1. The highest BCUT2D eigenvalue weighted by molar-refractivity contribution is 5.96. The summed E-state index contributed by atoms with van der Waals surface area (Å²) in [6.45, 7) is 2.90. The number of benzene rings is 2. The Labute approximate surface area is 170 Å². The van der Waals surface area contributed by atoms with Crippen LogP contribution in [0.3, 0.4) is 0 Å². The van der Waals surface area contributed by atoms with Crippen LogP contribution in [-0.4, -0.2) is 38.0 Å². The topological polar surface area (TPSA) is 93.7 Å². The molecule has 0 atom stereocenters. The van der Waals surface area contributed by atoms with E-state index in [1.807, 2.05) is 0 Å². The number of amides is 2. The van der Waals surface area contributed by atoms with E-state index in [0.29, 0.717) is 30.0 Å². The molecule has 0 heterocycles. The number of carbonyl (C=O) groups is 3. The lowest BCUT2D eigenvalue weighted by Crippen LogP contribution is -2.36. The summed E-state index contributed by atoms with van der Waals surface area (Å²) in [4.78, 5) is 35.5. The summed E-state index contributed by atoms with van der Waals surface area (Å²) in [5, 5.41) is 5.30. The highest BCUT2D eigenvalue weighted by Crippen LogP contribution is 2.12. The molecule has 2 aromatic carbocycles. The molecule has 0 radical (unpaired) electrons. The van der Waals surface area contributed by atoms with Gasteiger partial charge in [0.15, 0.2) is 0 Å². The summed E-state index contributed by atoms with van der Waals surface area (Å²) in [7, 11) is 1.32. The van der Waals surface area contributed by atoms with Gasteiger partial charge in [-0.1, -0.05) is 25.5 Å². The minimum atomic E-state index is -0.413. The van der Waals surface area contributed by atoms with Crippen LogP contribution in [0.4, 0.5) is 0 Å². The quantitative estimate of drug-likeness (QED) is 0.474. The standard InChI is InChI=1S/C22H26N2O5/c1-3-4-13-29-19-11-9-17(10-12-19)21(26)24-15-20(25)23-14-16-5-7-18(8-6-16)22(27)28-2/h5-12H,3-4,13-15H2,1-2H3,(H,23,25)(H,24,26). The SMILES string of the molecule is CCCCOc1ccc(C(=O)NCC(=O)NCc2ccc(C(=O)OC)cc2)cc1. The number of rotatable bonds is 10. The van der Waals surface area contributed by atoms with E-state index in [-0.39, 0.29) is 18.4 Å². The maximum Gasteiger partial charge on any atom is 0.337 e. The minimum Gasteiger partial charge on any atom is -0.494 e. The summed E-state index contributed by atoms with van der Waals surface area (Å²) in [6.07, 6.45) is 2.04. The van der Waals surface area contributed by atoms with Gasteiger partial charge >= 0.3 is 5.97 Å². The maximum atomic E-state index is 12.1. The third kappa shape index (κ3) is 7.29. The summed E-state index contributed by atoms with van der Waals surface area (Å²) >= 11 is 0. The largest absolute Gasteiger partial charge is 0.494 e. The summed E-state index contributed by atoms with van der Waals surface area (Å²) in [5.41, 5.74) is 1.73. The van der Waals surface area contributed by atoms with Crippen molar-refractivity contribution in [2.75, 3.05) is 20.3 Å². The van der Waals surface area contributed by atoms with Gasteiger partial charge in [0.2, 0.25) is 5.91 Å². The zero-order valence-corrected chi connectivity index (χ0v) is 16.7. The predicted octanol–water partition coefficient (Wildman–Crippen LogP) is 2.70. The molecule has 2 N–H and O–H groups in total. The molecule has 2 aromatic rings. The third-order valence-electron chi connectivity index (χ3n) is 4.16. The second-order valence-corrected chi connectivity index (χ2v) is 6.37. The van der Waals surface area contributed by atoms with Crippen LogP contribution in [0.15, 0.2) is 48.5 Å². The van der Waals surface area contributed by atoms with Crippen molar-refractivity contribution in [2.45, 2.75) is 26.3 Å². The predicted molar refractivity (Wildman–Crippen MR) is 109 cm³/mol. The van der Waals surface area contributed by atoms with Crippen molar-refractivity contribution in [1.82, 2.24) is 10.6 Å². The molecule has 0 aliphatic rings. The van der Waals surface area contributed by atoms with Gasteiger partial charge in [0.1, 0.15) is 5.75 Å². The fourth-order valence-corrected chi connectivity index (χ4v) is 2.44. The molecule has 0 unspecified atom stereocenters. The van der Waals surface area contributed by atoms with E-state index in [1.54, 1.807) is 48.5 Å². The van der Waals surface area contributed by atoms with Crippen LogP contribution in [0.1, 0.15) is 46.0 Å². The van der Waals surface area contributed by atoms with Gasteiger partial charge in [-0.15, -0.1) is 0 Å². The van der Waals surface area contributed by atoms with Crippen molar-refractivity contribution in [1.29, 1.82) is 0 Å². The molecular formula is C22H26N2O5. The van der Waals surface area contributed by atoms with Gasteiger partial charge in [-0.2, -0.15) is 0 Å². The van der Waals surface area contributed by atoms with Crippen LogP contribution in [0, 0.1) is 0 Å². The Balaban J connectivity index is 1.74. The summed E-state index contributed by atoms with van der Waals surface area (Å²) in [5.74, 6) is -0.340. The van der Waals surface area contributed by atoms with Gasteiger partial charge in [0, 0.05) is 12.1 Å². The monoisotopic (exact) mass is 398 g/mol. The number of methoxy groups -OCH3 is 1. The molecule has 0 bridgehead atoms. The first kappa shape index (κ1) is 21.9. The molecular weight excluding hydrogens is 372 g/mol. The molecule has 0 aliphatic heterocycles. The highest BCUT2D eigenvalue weighted by atomic mass is 16.5. The van der Waals surface area contributed by atoms with Crippen molar-refractivity contribution in [2.24, 2.45) is 0 Å². The first-order valence-corrected chi connectivity index (χ1v) is 9.48. The lowest BCUT2D eigenvalue weighted by Gasteiger charge is -2.09. The molecule has 154 valence electrons. The zero-order chi connectivity index (χ0) is 21.1. The smallest absolute Gasteiger partial charge is 0.337 e. The summed E-state index contributed by atoms with van der Waals surface area (Å²) < 4.78 is 10.2. The molecule has 2 rings (SSSR count). The lowest BCUT2D eigenvalue weighted by atomic mass is 10.1. The van der Waals surface area contributed by atoms with Gasteiger partial charge in [-0.25, -0.2) is 4.79 Å². The number of nitrogens with one attached hydrogen (secondary N) is 2. The first-order valence-electron chi connectivity index (χ1n) is 9.48. The van der Waals surface area contributed by atoms with Crippen LogP contribution >= 0.6 is 0 Å². The van der Waals surface area contributed by atoms with Crippen LogP contribution in [0.25, 0.3) is 0 Å². The molecule has 0 saturated heterocycles. The van der Waals surface area contributed by atoms with Crippen LogP contribution in [0.2, 0.25) is 0 Å². The summed E-state index contributed by atoms with van der Waals surface area (Å²) in [6, 6.07) is 13.5. The van der Waals surface area contributed by atoms with Crippen LogP contribution < -0.4 is 15.4 Å². The third-order valence-corrected chi connectivity index (χ3v) is 4.16.